The third-order valence-corrected chi connectivity index (χ3v) is 5.62. The maximum atomic E-state index is 13.6. The molecule has 0 aliphatic rings. The van der Waals surface area contributed by atoms with Crippen molar-refractivity contribution in [3.8, 4) is 17.2 Å². The lowest BCUT2D eigenvalue weighted by molar-refractivity contribution is 0.0558. The Morgan fingerprint density at radius 1 is 1.00 bits per heavy atom. The minimum atomic E-state index is -1.33. The van der Waals surface area contributed by atoms with Crippen molar-refractivity contribution in [3.05, 3.63) is 52.4 Å². The van der Waals surface area contributed by atoms with Gasteiger partial charge in [0.15, 0.2) is 11.3 Å². The maximum Gasteiger partial charge on any atom is 0.205 e. The molecular weight excluding hydrogens is 400 g/mol. The lowest BCUT2D eigenvalue weighted by Crippen LogP contribution is -2.17. The quantitative estimate of drug-likeness (QED) is 0.318. The first-order chi connectivity index (χ1) is 14.4. The lowest BCUT2D eigenvalue weighted by Gasteiger charge is -2.24. The molecule has 7 heteroatoms. The van der Waals surface area contributed by atoms with Crippen molar-refractivity contribution in [1.82, 2.24) is 0 Å². The highest BCUT2D eigenvalue weighted by atomic mass is 16.5. The molecular formula is C24H24O7. The second kappa shape index (κ2) is 6.52. The first-order valence-corrected chi connectivity index (χ1v) is 9.73. The predicted molar refractivity (Wildman–Crippen MR) is 118 cm³/mol. The molecule has 7 nitrogen and oxygen atoms in total. The number of aliphatic hydroxyl groups is 1. The van der Waals surface area contributed by atoms with Gasteiger partial charge in [-0.3, -0.25) is 4.79 Å². The zero-order valence-corrected chi connectivity index (χ0v) is 18.0. The number of rotatable bonds is 4. The Labute approximate surface area is 177 Å². The van der Waals surface area contributed by atoms with E-state index in [0.29, 0.717) is 11.3 Å². The summed E-state index contributed by atoms with van der Waals surface area (Å²) in [5.74, 6) is -0.0109. The van der Waals surface area contributed by atoms with Gasteiger partial charge in [0, 0.05) is 28.5 Å². The Kier molecular flexibility index (Phi) is 4.38. The van der Waals surface area contributed by atoms with Gasteiger partial charge in [-0.1, -0.05) is 19.9 Å². The van der Waals surface area contributed by atoms with Crippen molar-refractivity contribution in [1.29, 1.82) is 0 Å². The molecule has 0 fully saturated rings. The van der Waals surface area contributed by atoms with Crippen molar-refractivity contribution in [3.63, 3.8) is 0 Å². The summed E-state index contributed by atoms with van der Waals surface area (Å²) in [4.78, 5) is 13.6. The van der Waals surface area contributed by atoms with E-state index in [1.54, 1.807) is 6.08 Å². The van der Waals surface area contributed by atoms with Gasteiger partial charge in [0.1, 0.15) is 39.4 Å². The van der Waals surface area contributed by atoms with Crippen LogP contribution in [-0.4, -0.2) is 22.4 Å². The maximum absolute atomic E-state index is 13.6. The molecule has 0 saturated heterocycles. The van der Waals surface area contributed by atoms with Crippen LogP contribution in [0, 0.1) is 0 Å². The van der Waals surface area contributed by atoms with E-state index in [2.05, 4.69) is 6.58 Å². The first kappa shape index (κ1) is 20.8. The van der Waals surface area contributed by atoms with Crippen molar-refractivity contribution in [2.24, 2.45) is 0 Å². The van der Waals surface area contributed by atoms with E-state index in [0.717, 1.165) is 0 Å². The third kappa shape index (κ3) is 2.96. The van der Waals surface area contributed by atoms with Gasteiger partial charge in [-0.15, -0.1) is 6.58 Å². The average Bonchev–Trinajstić information content (AvgIpc) is 3.13. The smallest absolute Gasteiger partial charge is 0.205 e. The number of ether oxygens (including phenoxy) is 1. The zero-order chi connectivity index (χ0) is 22.9. The van der Waals surface area contributed by atoms with Gasteiger partial charge in [0.2, 0.25) is 5.43 Å². The summed E-state index contributed by atoms with van der Waals surface area (Å²) in [7, 11) is 1.46. The minimum absolute atomic E-state index is 0.0174. The van der Waals surface area contributed by atoms with Crippen LogP contribution in [0.15, 0.2) is 44.5 Å². The first-order valence-electron chi connectivity index (χ1n) is 9.73. The fourth-order valence-corrected chi connectivity index (χ4v) is 3.83. The molecule has 0 spiro atoms. The SMILES string of the molecule is C=CC(C)(C)c1c(OC)cc(O)c2c(=O)c3c(cc(O)c4oc(C(C)(C)O)cc43)oc12. The predicted octanol–water partition coefficient (Wildman–Crippen LogP) is 4.80. The highest BCUT2D eigenvalue weighted by Gasteiger charge is 2.30. The Morgan fingerprint density at radius 3 is 2.26 bits per heavy atom. The van der Waals surface area contributed by atoms with Crippen LogP contribution < -0.4 is 10.2 Å². The van der Waals surface area contributed by atoms with Gasteiger partial charge in [0.05, 0.1) is 12.5 Å². The van der Waals surface area contributed by atoms with E-state index in [4.69, 9.17) is 13.6 Å². The molecule has 0 atom stereocenters. The van der Waals surface area contributed by atoms with Crippen molar-refractivity contribution >= 4 is 32.9 Å². The van der Waals surface area contributed by atoms with Crippen LogP contribution in [0.5, 0.6) is 17.2 Å². The molecule has 2 aromatic heterocycles. The van der Waals surface area contributed by atoms with E-state index >= 15 is 0 Å². The number of hydrogen-bond donors (Lipinski definition) is 3. The summed E-state index contributed by atoms with van der Waals surface area (Å²) in [6.07, 6.45) is 1.69. The molecule has 0 saturated carbocycles. The molecule has 2 heterocycles. The van der Waals surface area contributed by atoms with Gasteiger partial charge < -0.3 is 28.9 Å². The number of phenols is 2. The molecule has 162 valence electrons. The standard InChI is InChI=1S/C24H24O7/c1-7-23(2,3)19-15(29-6)9-12(25)18-20(27)17-11-8-16(24(4,5)28)31-21(11)13(26)10-14(17)30-22(18)19/h7-10,25-26,28H,1H2,2-6H3. The molecule has 0 aliphatic carbocycles. The van der Waals surface area contributed by atoms with Crippen LogP contribution in [-0.2, 0) is 11.0 Å². The number of allylic oxidation sites excluding steroid dienone is 1. The van der Waals surface area contributed by atoms with Crippen LogP contribution in [0.25, 0.3) is 32.9 Å². The molecule has 0 radical (unpaired) electrons. The van der Waals surface area contributed by atoms with Crippen LogP contribution in [0.4, 0.5) is 0 Å². The molecule has 2 aromatic carbocycles. The summed E-state index contributed by atoms with van der Waals surface area (Å²) in [5.41, 5.74) is -1.63. The monoisotopic (exact) mass is 424 g/mol. The van der Waals surface area contributed by atoms with Gasteiger partial charge in [-0.05, 0) is 19.9 Å². The van der Waals surface area contributed by atoms with Crippen molar-refractivity contribution in [2.75, 3.05) is 7.11 Å². The summed E-state index contributed by atoms with van der Waals surface area (Å²) in [6.45, 7) is 10.7. The second-order valence-corrected chi connectivity index (χ2v) is 8.72. The third-order valence-electron chi connectivity index (χ3n) is 5.62. The fraction of sp³-hybridized carbons (Fsp3) is 0.292. The highest BCUT2D eigenvalue weighted by molar-refractivity contribution is 6.10. The highest BCUT2D eigenvalue weighted by Crippen LogP contribution is 2.44. The van der Waals surface area contributed by atoms with Crippen molar-refractivity contribution < 1.29 is 28.9 Å². The molecule has 4 aromatic rings. The summed E-state index contributed by atoms with van der Waals surface area (Å²) in [5, 5.41) is 31.9. The number of furan rings is 1. The molecule has 31 heavy (non-hydrogen) atoms. The molecule has 0 bridgehead atoms. The van der Waals surface area contributed by atoms with E-state index < -0.39 is 16.4 Å². The van der Waals surface area contributed by atoms with Crippen molar-refractivity contribution in [2.45, 2.75) is 38.7 Å². The van der Waals surface area contributed by atoms with E-state index in [-0.39, 0.29) is 50.2 Å². The van der Waals surface area contributed by atoms with E-state index in [9.17, 15) is 20.1 Å². The summed E-state index contributed by atoms with van der Waals surface area (Å²) >= 11 is 0. The normalized spacial score (nSPS) is 12.7. The molecule has 4 rings (SSSR count). The molecule has 0 aliphatic heterocycles. The number of aromatic hydroxyl groups is 2. The van der Waals surface area contributed by atoms with Gasteiger partial charge in [-0.2, -0.15) is 0 Å². The number of methoxy groups -OCH3 is 1. The average molecular weight is 424 g/mol. The van der Waals surface area contributed by atoms with Gasteiger partial charge in [0.25, 0.3) is 0 Å². The number of phenolic OH excluding ortho intramolecular Hbond substituents is 2. The largest absolute Gasteiger partial charge is 0.507 e. The fourth-order valence-electron chi connectivity index (χ4n) is 3.83. The molecule has 3 N–H and O–H groups in total. The molecule has 0 unspecified atom stereocenters. The number of hydrogen-bond acceptors (Lipinski definition) is 7. The van der Waals surface area contributed by atoms with Gasteiger partial charge in [-0.25, -0.2) is 0 Å². The Morgan fingerprint density at radius 2 is 1.68 bits per heavy atom. The van der Waals surface area contributed by atoms with E-state index in [1.165, 1.54) is 39.2 Å². The zero-order valence-electron chi connectivity index (χ0n) is 18.0. The van der Waals surface area contributed by atoms with Crippen LogP contribution in [0.2, 0.25) is 0 Å². The Hall–Kier alpha value is -3.45. The van der Waals surface area contributed by atoms with Crippen LogP contribution in [0.1, 0.15) is 39.0 Å². The molecule has 0 amide bonds. The summed E-state index contributed by atoms with van der Waals surface area (Å²) < 4.78 is 17.2. The van der Waals surface area contributed by atoms with Gasteiger partial charge >= 0.3 is 0 Å². The lowest BCUT2D eigenvalue weighted by atomic mass is 9.82. The second-order valence-electron chi connectivity index (χ2n) is 8.72. The number of benzene rings is 2. The van der Waals surface area contributed by atoms with Crippen LogP contribution >= 0.6 is 0 Å². The Bertz CT molecular complexity index is 1430. The van der Waals surface area contributed by atoms with Crippen LogP contribution in [0.3, 0.4) is 0 Å². The minimum Gasteiger partial charge on any atom is -0.507 e. The number of fused-ring (bicyclic) bond motifs is 4. The van der Waals surface area contributed by atoms with E-state index in [1.807, 2.05) is 13.8 Å². The Balaban J connectivity index is 2.27. The summed E-state index contributed by atoms with van der Waals surface area (Å²) in [6, 6.07) is 4.16. The topological polar surface area (TPSA) is 113 Å².